The third kappa shape index (κ3) is 6.48. The number of aromatic nitrogens is 1. The molecule has 1 saturated carbocycles. The Hall–Kier alpha value is -2.98. The molecule has 1 aromatic heterocycles. The van der Waals surface area contributed by atoms with Gasteiger partial charge in [-0.1, -0.05) is 0 Å². The number of likely N-dealkylation sites (tertiary alicyclic amines) is 1. The number of nitrogens with zero attached hydrogens (tertiary/aromatic N) is 2. The summed E-state index contributed by atoms with van der Waals surface area (Å²) < 4.78 is 49.1. The van der Waals surface area contributed by atoms with Gasteiger partial charge in [0.15, 0.2) is 0 Å². The summed E-state index contributed by atoms with van der Waals surface area (Å²) in [5, 5.41) is 5.20. The van der Waals surface area contributed by atoms with Crippen molar-refractivity contribution in [3.05, 3.63) is 65.3 Å². The smallest absolute Gasteiger partial charge is 0.254 e. The Labute approximate surface area is 216 Å². The van der Waals surface area contributed by atoms with Gasteiger partial charge >= 0.3 is 0 Å². The first-order valence-electron chi connectivity index (χ1n) is 12.8. The van der Waals surface area contributed by atoms with Crippen molar-refractivity contribution < 1.29 is 27.1 Å². The SMILES string of the molecule is NS(=O)(=O)c1ccc(F)c(CC2CCN(C(=O)c3cc(OCC4CCC=CO4)nc(C4CC4)c3)CC2)c1. The highest BCUT2D eigenvalue weighted by molar-refractivity contribution is 7.89. The summed E-state index contributed by atoms with van der Waals surface area (Å²) >= 11 is 0. The summed E-state index contributed by atoms with van der Waals surface area (Å²) in [5.74, 6) is 0.449. The number of allylic oxidation sites excluding steroid dienone is 1. The van der Waals surface area contributed by atoms with E-state index in [4.69, 9.17) is 14.6 Å². The number of nitrogens with two attached hydrogens (primary N) is 1. The van der Waals surface area contributed by atoms with Crippen molar-refractivity contribution >= 4 is 15.9 Å². The first-order valence-corrected chi connectivity index (χ1v) is 14.4. The van der Waals surface area contributed by atoms with Crippen LogP contribution in [0.5, 0.6) is 5.88 Å². The van der Waals surface area contributed by atoms with E-state index in [-0.39, 0.29) is 22.8 Å². The molecule has 3 aliphatic rings. The van der Waals surface area contributed by atoms with E-state index in [1.807, 2.05) is 17.0 Å². The zero-order valence-corrected chi connectivity index (χ0v) is 21.5. The molecule has 8 nitrogen and oxygen atoms in total. The van der Waals surface area contributed by atoms with Crippen LogP contribution in [0, 0.1) is 11.7 Å². The van der Waals surface area contributed by atoms with E-state index in [1.165, 1.54) is 12.1 Å². The minimum absolute atomic E-state index is 0.0231. The maximum absolute atomic E-state index is 14.3. The summed E-state index contributed by atoms with van der Waals surface area (Å²) in [7, 11) is -3.90. The quantitative estimate of drug-likeness (QED) is 0.555. The minimum Gasteiger partial charge on any atom is -0.495 e. The molecule has 0 radical (unpaired) electrons. The van der Waals surface area contributed by atoms with Crippen molar-refractivity contribution in [2.45, 2.75) is 61.9 Å². The summed E-state index contributed by atoms with van der Waals surface area (Å²) in [6.45, 7) is 1.47. The number of primary sulfonamides is 1. The molecule has 0 spiro atoms. The average molecular weight is 530 g/mol. The average Bonchev–Trinajstić information content (AvgIpc) is 3.74. The maximum Gasteiger partial charge on any atom is 0.254 e. The van der Waals surface area contributed by atoms with Gasteiger partial charge in [0.25, 0.3) is 5.91 Å². The molecule has 1 aromatic carbocycles. The monoisotopic (exact) mass is 529 g/mol. The molecule has 2 N–H and O–H groups in total. The number of halogens is 1. The Kier molecular flexibility index (Phi) is 7.48. The van der Waals surface area contributed by atoms with E-state index in [0.717, 1.165) is 37.4 Å². The zero-order valence-electron chi connectivity index (χ0n) is 20.6. The lowest BCUT2D eigenvalue weighted by molar-refractivity contribution is 0.0681. The molecule has 1 amide bonds. The van der Waals surface area contributed by atoms with Crippen molar-refractivity contribution in [2.24, 2.45) is 11.1 Å². The molecule has 10 heteroatoms. The fraction of sp³-hybridized carbons (Fsp3) is 0.481. The van der Waals surface area contributed by atoms with E-state index in [0.29, 0.717) is 61.9 Å². The molecule has 1 aliphatic carbocycles. The molecule has 1 unspecified atom stereocenters. The number of piperidine rings is 1. The van der Waals surface area contributed by atoms with Crippen molar-refractivity contribution in [2.75, 3.05) is 19.7 Å². The number of carbonyl (C=O) groups excluding carboxylic acids is 1. The molecule has 0 bridgehead atoms. The van der Waals surface area contributed by atoms with Crippen molar-refractivity contribution in [1.82, 2.24) is 9.88 Å². The van der Waals surface area contributed by atoms with Gasteiger partial charge in [-0.2, -0.15) is 0 Å². The second-order valence-electron chi connectivity index (χ2n) is 10.1. The molecule has 37 heavy (non-hydrogen) atoms. The van der Waals surface area contributed by atoms with Gasteiger partial charge in [0.2, 0.25) is 15.9 Å². The number of ether oxygens (including phenoxy) is 2. The van der Waals surface area contributed by atoms with Crippen LogP contribution in [0.15, 0.2) is 47.6 Å². The van der Waals surface area contributed by atoms with Crippen LogP contribution in [0.4, 0.5) is 4.39 Å². The first-order chi connectivity index (χ1) is 17.8. The summed E-state index contributed by atoms with van der Waals surface area (Å²) in [5.41, 5.74) is 1.80. The molecule has 2 aromatic rings. The normalized spacial score (nSPS) is 20.5. The number of carbonyl (C=O) groups is 1. The fourth-order valence-corrected chi connectivity index (χ4v) is 5.48. The van der Waals surface area contributed by atoms with Crippen LogP contribution in [-0.4, -0.2) is 50.0 Å². The highest BCUT2D eigenvalue weighted by atomic mass is 32.2. The van der Waals surface area contributed by atoms with Crippen molar-refractivity contribution in [1.29, 1.82) is 0 Å². The molecule has 2 aliphatic heterocycles. The summed E-state index contributed by atoms with van der Waals surface area (Å²) in [4.78, 5) is 19.8. The Morgan fingerprint density at radius 1 is 1.14 bits per heavy atom. The number of hydrogen-bond acceptors (Lipinski definition) is 6. The molecule has 3 heterocycles. The van der Waals surface area contributed by atoms with Gasteiger partial charge in [0.1, 0.15) is 18.5 Å². The molecular formula is C27H32FN3O5S. The van der Waals surface area contributed by atoms with Gasteiger partial charge < -0.3 is 14.4 Å². The molecule has 1 atom stereocenters. The second kappa shape index (κ2) is 10.8. The van der Waals surface area contributed by atoms with E-state index >= 15 is 0 Å². The number of pyridine rings is 1. The van der Waals surface area contributed by atoms with Crippen LogP contribution < -0.4 is 9.88 Å². The van der Waals surface area contributed by atoms with Crippen molar-refractivity contribution in [3.8, 4) is 5.88 Å². The second-order valence-corrected chi connectivity index (χ2v) is 11.7. The Balaban J connectivity index is 1.22. The van der Waals surface area contributed by atoms with Gasteiger partial charge in [-0.15, -0.1) is 0 Å². The fourth-order valence-electron chi connectivity index (χ4n) is 4.92. The zero-order chi connectivity index (χ0) is 26.0. The summed E-state index contributed by atoms with van der Waals surface area (Å²) in [6.07, 6.45) is 9.42. The number of rotatable bonds is 8. The third-order valence-corrected chi connectivity index (χ3v) is 8.17. The van der Waals surface area contributed by atoms with Crippen LogP contribution >= 0.6 is 0 Å². The molecule has 2 fully saturated rings. The first kappa shape index (κ1) is 25.7. The largest absolute Gasteiger partial charge is 0.495 e. The Morgan fingerprint density at radius 3 is 2.59 bits per heavy atom. The van der Waals surface area contributed by atoms with Crippen LogP contribution in [0.2, 0.25) is 0 Å². The standard InChI is InChI=1S/C27H32FN3O5S/c28-24-7-6-23(37(29,33)34)14-20(24)13-18-8-10-31(11-9-18)27(32)21-15-25(19-4-5-19)30-26(16-21)36-17-22-3-1-2-12-35-22/h2,6-7,12,14-16,18-19,22H,1,3-5,8-11,13,17H2,(H2,29,33,34). The Bertz CT molecular complexity index is 1290. The number of sulfonamides is 1. The topological polar surface area (TPSA) is 112 Å². The van der Waals surface area contributed by atoms with E-state index in [2.05, 4.69) is 4.98 Å². The lowest BCUT2D eigenvalue weighted by Gasteiger charge is -2.32. The van der Waals surface area contributed by atoms with Crippen LogP contribution in [0.1, 0.15) is 66.1 Å². The van der Waals surface area contributed by atoms with E-state index in [1.54, 1.807) is 12.3 Å². The van der Waals surface area contributed by atoms with Gasteiger partial charge in [-0.05, 0) is 86.8 Å². The summed E-state index contributed by atoms with van der Waals surface area (Å²) in [6, 6.07) is 7.23. The maximum atomic E-state index is 14.3. The van der Waals surface area contributed by atoms with Gasteiger partial charge in [-0.3, -0.25) is 4.79 Å². The van der Waals surface area contributed by atoms with Crippen molar-refractivity contribution in [3.63, 3.8) is 0 Å². The lowest BCUT2D eigenvalue weighted by atomic mass is 9.89. The number of benzene rings is 1. The third-order valence-electron chi connectivity index (χ3n) is 7.26. The van der Waals surface area contributed by atoms with Gasteiger partial charge in [-0.25, -0.2) is 22.9 Å². The number of hydrogen-bond donors (Lipinski definition) is 1. The molecule has 198 valence electrons. The van der Waals surface area contributed by atoms with E-state index in [9.17, 15) is 17.6 Å². The van der Waals surface area contributed by atoms with Crippen LogP contribution in [-0.2, 0) is 21.2 Å². The minimum atomic E-state index is -3.90. The van der Waals surface area contributed by atoms with Crippen LogP contribution in [0.25, 0.3) is 0 Å². The molecule has 5 rings (SSSR count). The highest BCUT2D eigenvalue weighted by Gasteiger charge is 2.29. The highest BCUT2D eigenvalue weighted by Crippen LogP contribution is 2.40. The molecular weight excluding hydrogens is 497 g/mol. The Morgan fingerprint density at radius 2 is 1.92 bits per heavy atom. The van der Waals surface area contributed by atoms with E-state index < -0.39 is 15.8 Å². The predicted octanol–water partition coefficient (Wildman–Crippen LogP) is 3.91. The predicted molar refractivity (Wildman–Crippen MR) is 135 cm³/mol. The van der Waals surface area contributed by atoms with Gasteiger partial charge in [0.05, 0.1) is 11.2 Å². The molecule has 1 saturated heterocycles. The van der Waals surface area contributed by atoms with Gasteiger partial charge in [0, 0.05) is 36.3 Å². The number of amides is 1. The van der Waals surface area contributed by atoms with Crippen LogP contribution in [0.3, 0.4) is 0 Å². The lowest BCUT2D eigenvalue weighted by Crippen LogP contribution is -2.39.